The van der Waals surface area contributed by atoms with Crippen LogP contribution >= 0.6 is 0 Å². The number of halogens is 2. The molecule has 2 rings (SSSR count). The van der Waals surface area contributed by atoms with Gasteiger partial charge in [0.05, 0.1) is 5.92 Å². The summed E-state index contributed by atoms with van der Waals surface area (Å²) in [5, 5.41) is 8.87. The molecule has 1 fully saturated rings. The van der Waals surface area contributed by atoms with Crippen molar-refractivity contribution in [3.63, 3.8) is 0 Å². The number of alkyl halides is 2. The Morgan fingerprint density at radius 2 is 2.21 bits per heavy atom. The summed E-state index contributed by atoms with van der Waals surface area (Å²) in [6.45, 7) is -2.91. The van der Waals surface area contributed by atoms with Crippen molar-refractivity contribution >= 4 is 17.6 Å². The van der Waals surface area contributed by atoms with Crippen LogP contribution < -0.4 is 9.64 Å². The molecule has 1 saturated heterocycles. The van der Waals surface area contributed by atoms with Crippen LogP contribution in [-0.2, 0) is 9.59 Å². The predicted molar refractivity (Wildman–Crippen MR) is 61.2 cm³/mol. The van der Waals surface area contributed by atoms with E-state index in [4.69, 9.17) is 5.11 Å². The van der Waals surface area contributed by atoms with Gasteiger partial charge in [0.15, 0.2) is 0 Å². The fourth-order valence-electron chi connectivity index (χ4n) is 1.95. The van der Waals surface area contributed by atoms with E-state index in [9.17, 15) is 18.4 Å². The molecule has 1 heterocycles. The maximum absolute atomic E-state index is 12.1. The van der Waals surface area contributed by atoms with E-state index in [0.717, 1.165) is 0 Å². The third-order valence-electron chi connectivity index (χ3n) is 2.83. The molecule has 0 aromatic heterocycles. The summed E-state index contributed by atoms with van der Waals surface area (Å²) in [6, 6.07) is 5.63. The maximum Gasteiger partial charge on any atom is 0.387 e. The zero-order chi connectivity index (χ0) is 14.0. The molecule has 0 saturated carbocycles. The van der Waals surface area contributed by atoms with Crippen LogP contribution in [0.2, 0.25) is 0 Å². The lowest BCUT2D eigenvalue weighted by Crippen LogP contribution is -2.25. The van der Waals surface area contributed by atoms with Crippen LogP contribution in [0.1, 0.15) is 6.42 Å². The Morgan fingerprint density at radius 1 is 1.47 bits per heavy atom. The van der Waals surface area contributed by atoms with E-state index in [0.29, 0.717) is 5.69 Å². The summed E-state index contributed by atoms with van der Waals surface area (Å²) in [5.74, 6) is -2.23. The lowest BCUT2D eigenvalue weighted by atomic mass is 10.1. The molecule has 0 spiro atoms. The van der Waals surface area contributed by atoms with Gasteiger partial charge in [-0.15, -0.1) is 0 Å². The monoisotopic (exact) mass is 271 g/mol. The van der Waals surface area contributed by atoms with Gasteiger partial charge in [0.1, 0.15) is 5.75 Å². The number of aliphatic carboxylic acids is 1. The molecule has 0 aliphatic carbocycles. The third kappa shape index (κ3) is 2.98. The number of carbonyl (C=O) groups excluding carboxylic acids is 1. The summed E-state index contributed by atoms with van der Waals surface area (Å²) < 4.78 is 28.4. The number of rotatable bonds is 4. The number of carboxylic acid groups (broad SMARTS) is 1. The highest BCUT2D eigenvalue weighted by molar-refractivity contribution is 5.99. The van der Waals surface area contributed by atoms with E-state index in [2.05, 4.69) is 4.74 Å². The van der Waals surface area contributed by atoms with Gasteiger partial charge in [-0.05, 0) is 12.1 Å². The number of carbonyl (C=O) groups is 2. The van der Waals surface area contributed by atoms with Crippen molar-refractivity contribution in [1.29, 1.82) is 0 Å². The molecule has 0 radical (unpaired) electrons. The van der Waals surface area contributed by atoms with E-state index in [1.54, 1.807) is 6.07 Å². The minimum Gasteiger partial charge on any atom is -0.481 e. The minimum absolute atomic E-state index is 0.0340. The van der Waals surface area contributed by atoms with E-state index in [1.165, 1.54) is 23.1 Å². The molecular weight excluding hydrogens is 260 g/mol. The van der Waals surface area contributed by atoms with Gasteiger partial charge in [-0.25, -0.2) is 0 Å². The first-order valence-corrected chi connectivity index (χ1v) is 5.55. The lowest BCUT2D eigenvalue weighted by molar-refractivity contribution is -0.141. The average Bonchev–Trinajstić information content (AvgIpc) is 2.71. The molecule has 19 heavy (non-hydrogen) atoms. The van der Waals surface area contributed by atoms with E-state index >= 15 is 0 Å². The number of anilines is 1. The Kier molecular flexibility index (Phi) is 3.64. The Labute approximate surface area is 107 Å². The molecule has 102 valence electrons. The molecule has 1 aliphatic heterocycles. The molecule has 1 aromatic rings. The molecule has 1 aromatic carbocycles. The van der Waals surface area contributed by atoms with Crippen LogP contribution in [0.3, 0.4) is 0 Å². The number of ether oxygens (including phenoxy) is 1. The Hall–Kier alpha value is -2.18. The molecule has 1 atom stereocenters. The molecule has 0 unspecified atom stereocenters. The number of benzene rings is 1. The predicted octanol–water partition coefficient (Wildman–Crippen LogP) is 1.73. The Morgan fingerprint density at radius 3 is 2.79 bits per heavy atom. The first-order chi connectivity index (χ1) is 8.97. The SMILES string of the molecule is O=C(O)[C@H]1CC(=O)N(c2cccc(OC(F)F)c2)C1. The molecule has 1 aliphatic rings. The summed E-state index contributed by atoms with van der Waals surface area (Å²) in [5.41, 5.74) is 0.354. The number of hydrogen-bond donors (Lipinski definition) is 1. The second-order valence-electron chi connectivity index (χ2n) is 4.12. The van der Waals surface area contributed by atoms with Crippen molar-refractivity contribution in [3.05, 3.63) is 24.3 Å². The minimum atomic E-state index is -2.95. The van der Waals surface area contributed by atoms with Gasteiger partial charge >= 0.3 is 12.6 Å². The summed E-state index contributed by atoms with van der Waals surface area (Å²) in [6.07, 6.45) is -0.0880. The number of nitrogens with zero attached hydrogens (tertiary/aromatic N) is 1. The van der Waals surface area contributed by atoms with Crippen molar-refractivity contribution in [2.24, 2.45) is 5.92 Å². The lowest BCUT2D eigenvalue weighted by Gasteiger charge is -2.17. The third-order valence-corrected chi connectivity index (χ3v) is 2.83. The van der Waals surface area contributed by atoms with Crippen molar-refractivity contribution < 1.29 is 28.2 Å². The first kappa shape index (κ1) is 13.3. The highest BCUT2D eigenvalue weighted by atomic mass is 19.3. The standard InChI is InChI=1S/C12H11F2NO4/c13-12(14)19-9-3-1-2-8(5-9)15-6-7(11(17)18)4-10(15)16/h1-3,5,7,12H,4,6H2,(H,17,18)/t7-/m0/s1. The van der Waals surface area contributed by atoms with Crippen molar-refractivity contribution in [3.8, 4) is 5.75 Å². The van der Waals surface area contributed by atoms with E-state index < -0.39 is 18.5 Å². The van der Waals surface area contributed by atoms with Crippen LogP contribution in [0.25, 0.3) is 0 Å². The summed E-state index contributed by atoms with van der Waals surface area (Å²) in [4.78, 5) is 23.8. The van der Waals surface area contributed by atoms with Crippen LogP contribution in [0.4, 0.5) is 14.5 Å². The van der Waals surface area contributed by atoms with Crippen molar-refractivity contribution in [2.45, 2.75) is 13.0 Å². The number of carboxylic acids is 1. The van der Waals surface area contributed by atoms with E-state index in [-0.39, 0.29) is 24.6 Å². The van der Waals surface area contributed by atoms with Crippen LogP contribution in [0.15, 0.2) is 24.3 Å². The highest BCUT2D eigenvalue weighted by Gasteiger charge is 2.35. The van der Waals surface area contributed by atoms with E-state index in [1.807, 2.05) is 0 Å². The topological polar surface area (TPSA) is 66.8 Å². The molecule has 5 nitrogen and oxygen atoms in total. The van der Waals surface area contributed by atoms with Gasteiger partial charge in [-0.1, -0.05) is 6.07 Å². The van der Waals surface area contributed by atoms with Gasteiger partial charge in [-0.2, -0.15) is 8.78 Å². The maximum atomic E-state index is 12.1. The van der Waals surface area contributed by atoms with Gasteiger partial charge in [-0.3, -0.25) is 9.59 Å². The quantitative estimate of drug-likeness (QED) is 0.905. The second kappa shape index (κ2) is 5.21. The number of hydrogen-bond acceptors (Lipinski definition) is 3. The summed E-state index contributed by atoms with van der Waals surface area (Å²) >= 11 is 0. The van der Waals surface area contributed by atoms with Crippen molar-refractivity contribution in [2.75, 3.05) is 11.4 Å². The average molecular weight is 271 g/mol. The fourth-order valence-corrected chi connectivity index (χ4v) is 1.95. The Balaban J connectivity index is 2.18. The molecule has 1 amide bonds. The van der Waals surface area contributed by atoms with Crippen LogP contribution in [-0.4, -0.2) is 30.1 Å². The summed E-state index contributed by atoms with van der Waals surface area (Å²) in [7, 11) is 0. The Bertz CT molecular complexity index is 506. The second-order valence-corrected chi connectivity index (χ2v) is 4.12. The van der Waals surface area contributed by atoms with Crippen LogP contribution in [0, 0.1) is 5.92 Å². The zero-order valence-corrected chi connectivity index (χ0v) is 9.75. The van der Waals surface area contributed by atoms with Gasteiger partial charge in [0.25, 0.3) is 0 Å². The number of amides is 1. The smallest absolute Gasteiger partial charge is 0.387 e. The van der Waals surface area contributed by atoms with Crippen molar-refractivity contribution in [1.82, 2.24) is 0 Å². The molecule has 1 N–H and O–H groups in total. The van der Waals surface area contributed by atoms with Crippen LogP contribution in [0.5, 0.6) is 5.75 Å². The van der Waals surface area contributed by atoms with Gasteiger partial charge in [0.2, 0.25) is 5.91 Å². The normalized spacial score (nSPS) is 19.0. The highest BCUT2D eigenvalue weighted by Crippen LogP contribution is 2.28. The first-order valence-electron chi connectivity index (χ1n) is 5.55. The van der Waals surface area contributed by atoms with Gasteiger partial charge < -0.3 is 14.7 Å². The molecule has 0 bridgehead atoms. The fraction of sp³-hybridized carbons (Fsp3) is 0.333. The molecular formula is C12H11F2NO4. The van der Waals surface area contributed by atoms with Gasteiger partial charge in [0, 0.05) is 24.7 Å². The zero-order valence-electron chi connectivity index (χ0n) is 9.75. The largest absolute Gasteiger partial charge is 0.481 e. The molecule has 7 heteroatoms.